The summed E-state index contributed by atoms with van der Waals surface area (Å²) in [6.07, 6.45) is 0. The molecule has 1 atom stereocenters. The maximum atomic E-state index is 12.5. The van der Waals surface area contributed by atoms with Gasteiger partial charge in [0.2, 0.25) is 5.88 Å². The number of esters is 1. The van der Waals surface area contributed by atoms with Crippen molar-refractivity contribution in [3.8, 4) is 17.6 Å². The van der Waals surface area contributed by atoms with Crippen molar-refractivity contribution in [3.63, 3.8) is 0 Å². The summed E-state index contributed by atoms with van der Waals surface area (Å²) in [4.78, 5) is 22.8. The van der Waals surface area contributed by atoms with Crippen LogP contribution in [0, 0.1) is 21.4 Å². The van der Waals surface area contributed by atoms with Crippen LogP contribution >= 0.6 is 15.9 Å². The molecule has 3 aromatic carbocycles. The third-order valence-corrected chi connectivity index (χ3v) is 5.63. The molecule has 0 saturated carbocycles. The molecule has 3 aromatic rings. The summed E-state index contributed by atoms with van der Waals surface area (Å²) < 4.78 is 11.8. The Bertz CT molecular complexity index is 1330. The maximum absolute atomic E-state index is 12.5. The van der Waals surface area contributed by atoms with Crippen LogP contribution in [0.5, 0.6) is 11.5 Å². The lowest BCUT2D eigenvalue weighted by Crippen LogP contribution is -2.21. The van der Waals surface area contributed by atoms with Crippen molar-refractivity contribution in [1.29, 1.82) is 5.26 Å². The first-order valence-corrected chi connectivity index (χ1v) is 10.1. The normalized spacial score (nSPS) is 14.7. The topological polar surface area (TPSA) is 128 Å². The molecule has 0 aromatic heterocycles. The molecule has 32 heavy (non-hydrogen) atoms. The Labute approximate surface area is 190 Å². The van der Waals surface area contributed by atoms with Crippen LogP contribution in [0.2, 0.25) is 0 Å². The van der Waals surface area contributed by atoms with Crippen molar-refractivity contribution in [2.75, 3.05) is 0 Å². The van der Waals surface area contributed by atoms with E-state index in [0.717, 1.165) is 16.1 Å². The molecule has 1 aliphatic rings. The van der Waals surface area contributed by atoms with E-state index in [9.17, 15) is 20.2 Å². The molecule has 0 amide bonds. The van der Waals surface area contributed by atoms with Crippen LogP contribution in [0.3, 0.4) is 0 Å². The summed E-state index contributed by atoms with van der Waals surface area (Å²) in [7, 11) is 0. The summed E-state index contributed by atoms with van der Waals surface area (Å²) in [5.74, 6) is -0.761. The number of nitrogens with zero attached hydrogens (tertiary/aromatic N) is 2. The van der Waals surface area contributed by atoms with E-state index in [-0.39, 0.29) is 28.5 Å². The maximum Gasteiger partial charge on any atom is 0.343 e. The molecular weight excluding hydrogens is 478 g/mol. The molecule has 0 radical (unpaired) electrons. The second kappa shape index (κ2) is 8.53. The quantitative estimate of drug-likeness (QED) is 0.240. The highest BCUT2D eigenvalue weighted by Crippen LogP contribution is 2.45. The minimum atomic E-state index is -0.756. The number of benzene rings is 3. The second-order valence-electron chi connectivity index (χ2n) is 6.84. The van der Waals surface area contributed by atoms with E-state index in [1.54, 1.807) is 12.1 Å². The number of rotatable bonds is 4. The van der Waals surface area contributed by atoms with Crippen LogP contribution in [0.1, 0.15) is 27.4 Å². The summed E-state index contributed by atoms with van der Waals surface area (Å²) in [6.45, 7) is 0. The average Bonchev–Trinajstić information content (AvgIpc) is 2.78. The minimum absolute atomic E-state index is 0.0371. The van der Waals surface area contributed by atoms with Crippen molar-refractivity contribution < 1.29 is 19.2 Å². The number of nitriles is 1. The zero-order chi connectivity index (χ0) is 22.8. The number of nitrogens with two attached hydrogens (primary N) is 1. The number of ether oxygens (including phenoxy) is 2. The number of hydrogen-bond acceptors (Lipinski definition) is 7. The van der Waals surface area contributed by atoms with Crippen molar-refractivity contribution >= 4 is 27.6 Å². The van der Waals surface area contributed by atoms with E-state index in [4.69, 9.17) is 15.2 Å². The van der Waals surface area contributed by atoms with Crippen molar-refractivity contribution in [1.82, 2.24) is 0 Å². The summed E-state index contributed by atoms with van der Waals surface area (Å²) in [5, 5.41) is 20.6. The third-order valence-electron chi connectivity index (χ3n) is 4.91. The Morgan fingerprint density at radius 2 is 1.91 bits per heavy atom. The molecule has 1 heterocycles. The van der Waals surface area contributed by atoms with E-state index in [1.165, 1.54) is 24.3 Å². The zero-order valence-corrected chi connectivity index (χ0v) is 17.9. The Morgan fingerprint density at radius 3 is 2.62 bits per heavy atom. The van der Waals surface area contributed by atoms with Gasteiger partial charge in [-0.05, 0) is 23.8 Å². The first-order valence-electron chi connectivity index (χ1n) is 9.31. The Hall–Kier alpha value is -4.16. The van der Waals surface area contributed by atoms with Gasteiger partial charge in [-0.1, -0.05) is 46.3 Å². The van der Waals surface area contributed by atoms with E-state index < -0.39 is 16.8 Å². The van der Waals surface area contributed by atoms with E-state index in [1.807, 2.05) is 24.3 Å². The Morgan fingerprint density at radius 1 is 1.12 bits per heavy atom. The fraction of sp³-hybridized carbons (Fsp3) is 0.0435. The molecule has 1 unspecified atom stereocenters. The van der Waals surface area contributed by atoms with Gasteiger partial charge >= 0.3 is 5.97 Å². The standard InChI is InChI=1S/C23H14BrN3O5/c24-19-7-2-1-6-16(19)21-17-9-8-15(11-20(17)32-22(26)18(21)12-25)31-23(28)13-4-3-5-14(10-13)27(29)30/h1-11,21H,26H2. The van der Waals surface area contributed by atoms with Crippen LogP contribution in [-0.4, -0.2) is 10.9 Å². The second-order valence-corrected chi connectivity index (χ2v) is 7.70. The highest BCUT2D eigenvalue weighted by atomic mass is 79.9. The summed E-state index contributed by atoms with van der Waals surface area (Å²) in [5.41, 5.74) is 7.62. The monoisotopic (exact) mass is 491 g/mol. The first kappa shape index (κ1) is 21.1. The molecular formula is C23H14BrN3O5. The van der Waals surface area contributed by atoms with Gasteiger partial charge in [0.25, 0.3) is 5.69 Å². The molecule has 0 spiro atoms. The Kier molecular flexibility index (Phi) is 5.62. The predicted octanol–water partition coefficient (Wildman–Crippen LogP) is 4.79. The SMILES string of the molecule is N#CC1=C(N)Oc2cc(OC(=O)c3cccc([N+](=O)[O-])c3)ccc2C1c1ccccc1Br. The highest BCUT2D eigenvalue weighted by Gasteiger charge is 2.32. The van der Waals surface area contributed by atoms with Gasteiger partial charge in [0.15, 0.2) is 0 Å². The fourth-order valence-corrected chi connectivity index (χ4v) is 3.95. The number of non-ortho nitro benzene ring substituents is 1. The number of allylic oxidation sites excluding steroid dienone is 1. The molecule has 2 N–H and O–H groups in total. The van der Waals surface area contributed by atoms with Gasteiger partial charge in [0, 0.05) is 28.2 Å². The largest absolute Gasteiger partial charge is 0.440 e. The van der Waals surface area contributed by atoms with Gasteiger partial charge < -0.3 is 15.2 Å². The predicted molar refractivity (Wildman–Crippen MR) is 118 cm³/mol. The van der Waals surface area contributed by atoms with Gasteiger partial charge in [-0.2, -0.15) is 5.26 Å². The van der Waals surface area contributed by atoms with Gasteiger partial charge in [-0.3, -0.25) is 10.1 Å². The van der Waals surface area contributed by atoms with Crippen molar-refractivity contribution in [2.45, 2.75) is 5.92 Å². The molecule has 158 valence electrons. The third kappa shape index (κ3) is 3.91. The molecule has 0 saturated heterocycles. The molecule has 1 aliphatic heterocycles. The summed E-state index contributed by atoms with van der Waals surface area (Å²) in [6, 6.07) is 19.6. The molecule has 0 bridgehead atoms. The number of carbonyl (C=O) groups is 1. The van der Waals surface area contributed by atoms with E-state index in [2.05, 4.69) is 22.0 Å². The first-order chi connectivity index (χ1) is 15.4. The van der Waals surface area contributed by atoms with E-state index >= 15 is 0 Å². The number of carbonyl (C=O) groups excluding carboxylic acids is 1. The van der Waals surface area contributed by atoms with Crippen molar-refractivity contribution in [3.05, 3.63) is 109 Å². The van der Waals surface area contributed by atoms with E-state index in [0.29, 0.717) is 11.3 Å². The van der Waals surface area contributed by atoms with Crippen LogP contribution in [0.4, 0.5) is 5.69 Å². The number of halogens is 1. The van der Waals surface area contributed by atoms with Crippen molar-refractivity contribution in [2.24, 2.45) is 5.73 Å². The molecule has 4 rings (SSSR count). The lowest BCUT2D eigenvalue weighted by atomic mass is 9.83. The van der Waals surface area contributed by atoms with Crippen LogP contribution in [0.15, 0.2) is 82.7 Å². The smallest absolute Gasteiger partial charge is 0.343 e. The molecule has 0 aliphatic carbocycles. The van der Waals surface area contributed by atoms with Gasteiger partial charge in [-0.25, -0.2) is 4.79 Å². The zero-order valence-electron chi connectivity index (χ0n) is 16.3. The molecule has 8 nitrogen and oxygen atoms in total. The number of nitro benzene ring substituents is 1. The van der Waals surface area contributed by atoms with Gasteiger partial charge in [-0.15, -0.1) is 0 Å². The van der Waals surface area contributed by atoms with Crippen LogP contribution in [-0.2, 0) is 0 Å². The summed E-state index contributed by atoms with van der Waals surface area (Å²) >= 11 is 3.52. The highest BCUT2D eigenvalue weighted by molar-refractivity contribution is 9.10. The average molecular weight is 492 g/mol. The molecule has 9 heteroatoms. The number of hydrogen-bond donors (Lipinski definition) is 1. The Balaban J connectivity index is 1.69. The fourth-order valence-electron chi connectivity index (χ4n) is 3.44. The lowest BCUT2D eigenvalue weighted by Gasteiger charge is -2.27. The molecule has 0 fully saturated rings. The minimum Gasteiger partial charge on any atom is -0.440 e. The van der Waals surface area contributed by atoms with Gasteiger partial charge in [0.1, 0.15) is 23.1 Å². The number of fused-ring (bicyclic) bond motifs is 1. The van der Waals surface area contributed by atoms with Crippen LogP contribution in [0.25, 0.3) is 0 Å². The van der Waals surface area contributed by atoms with Gasteiger partial charge in [0.05, 0.1) is 16.4 Å². The van der Waals surface area contributed by atoms with Crippen LogP contribution < -0.4 is 15.2 Å². The lowest BCUT2D eigenvalue weighted by molar-refractivity contribution is -0.384. The number of nitro groups is 1.